The molecule has 0 fully saturated rings. The molecule has 0 spiro atoms. The van der Waals surface area contributed by atoms with Crippen LogP contribution in [0.5, 0.6) is 0 Å². The predicted molar refractivity (Wildman–Crippen MR) is 69.2 cm³/mol. The number of carboxylic acids is 1. The van der Waals surface area contributed by atoms with Gasteiger partial charge in [0.1, 0.15) is 6.54 Å². The predicted octanol–water partition coefficient (Wildman–Crippen LogP) is 0.940. The van der Waals surface area contributed by atoms with Gasteiger partial charge in [0.15, 0.2) is 0 Å². The van der Waals surface area contributed by atoms with Gasteiger partial charge in [-0.3, -0.25) is 9.78 Å². The maximum Gasteiger partial charge on any atom is 0.318 e. The van der Waals surface area contributed by atoms with Gasteiger partial charge in [-0.1, -0.05) is 12.1 Å². The first-order valence-corrected chi connectivity index (χ1v) is 6.88. The Kier molecular flexibility index (Phi) is 3.50. The van der Waals surface area contributed by atoms with Crippen LogP contribution in [0.25, 0.3) is 10.8 Å². The maximum atomic E-state index is 12.3. The highest BCUT2D eigenvalue weighted by Gasteiger charge is 2.24. The Morgan fingerprint density at radius 3 is 2.79 bits per heavy atom. The fourth-order valence-corrected chi connectivity index (χ4v) is 3.09. The molecule has 0 saturated carbocycles. The Hall–Kier alpha value is -1.99. The van der Waals surface area contributed by atoms with Crippen LogP contribution in [-0.2, 0) is 14.8 Å². The molecule has 6 nitrogen and oxygen atoms in total. The molecule has 2 rings (SSSR count). The Morgan fingerprint density at radius 1 is 1.37 bits per heavy atom. The van der Waals surface area contributed by atoms with Gasteiger partial charge in [0.2, 0.25) is 10.0 Å². The van der Waals surface area contributed by atoms with Gasteiger partial charge in [-0.2, -0.15) is 4.31 Å². The number of nitrogens with zero attached hydrogens (tertiary/aromatic N) is 2. The number of aliphatic carboxylic acids is 1. The molecule has 0 unspecified atom stereocenters. The van der Waals surface area contributed by atoms with Crippen LogP contribution in [0, 0.1) is 0 Å². The molecule has 7 heteroatoms. The van der Waals surface area contributed by atoms with Crippen molar-refractivity contribution in [1.29, 1.82) is 0 Å². The number of benzene rings is 1. The van der Waals surface area contributed by atoms with Crippen molar-refractivity contribution < 1.29 is 18.3 Å². The second kappa shape index (κ2) is 4.94. The van der Waals surface area contributed by atoms with E-state index in [1.807, 2.05) is 0 Å². The van der Waals surface area contributed by atoms with Crippen LogP contribution in [0.4, 0.5) is 0 Å². The van der Waals surface area contributed by atoms with E-state index in [1.54, 1.807) is 24.4 Å². The number of pyridine rings is 1. The summed E-state index contributed by atoms with van der Waals surface area (Å²) in [5.41, 5.74) is 0. The molecular weight excluding hydrogens is 268 g/mol. The van der Waals surface area contributed by atoms with Gasteiger partial charge >= 0.3 is 5.97 Å². The number of rotatable bonds is 4. The maximum absolute atomic E-state index is 12.3. The van der Waals surface area contributed by atoms with Gasteiger partial charge in [-0.15, -0.1) is 0 Å². The Bertz CT molecular complexity index is 722. The molecule has 0 saturated heterocycles. The third-order valence-electron chi connectivity index (χ3n) is 2.69. The van der Waals surface area contributed by atoms with Crippen molar-refractivity contribution in [3.8, 4) is 0 Å². The minimum Gasteiger partial charge on any atom is -0.480 e. The molecule has 100 valence electrons. The van der Waals surface area contributed by atoms with Crippen molar-refractivity contribution in [3.63, 3.8) is 0 Å². The SMILES string of the molecule is CN(CC(=O)O)S(=O)(=O)c1cccc2cnccc12. The van der Waals surface area contributed by atoms with Crippen molar-refractivity contribution >= 4 is 26.8 Å². The first kappa shape index (κ1) is 13.4. The summed E-state index contributed by atoms with van der Waals surface area (Å²) in [4.78, 5) is 14.6. The molecule has 0 radical (unpaired) electrons. The highest BCUT2D eigenvalue weighted by atomic mass is 32.2. The topological polar surface area (TPSA) is 87.6 Å². The summed E-state index contributed by atoms with van der Waals surface area (Å²) in [6.45, 7) is -0.580. The molecule has 1 aromatic carbocycles. The van der Waals surface area contributed by atoms with Crippen LogP contribution >= 0.6 is 0 Å². The molecule has 0 aliphatic carbocycles. The van der Waals surface area contributed by atoms with Gasteiger partial charge in [-0.25, -0.2) is 8.42 Å². The smallest absolute Gasteiger partial charge is 0.318 e. The third-order valence-corrected chi connectivity index (χ3v) is 4.55. The molecule has 19 heavy (non-hydrogen) atoms. The quantitative estimate of drug-likeness (QED) is 0.900. The summed E-state index contributed by atoms with van der Waals surface area (Å²) >= 11 is 0. The zero-order valence-electron chi connectivity index (χ0n) is 10.1. The lowest BCUT2D eigenvalue weighted by atomic mass is 10.2. The number of aromatic nitrogens is 1. The van der Waals surface area contributed by atoms with Gasteiger partial charge in [0.25, 0.3) is 0 Å². The lowest BCUT2D eigenvalue weighted by Crippen LogP contribution is -2.32. The molecule has 0 bridgehead atoms. The van der Waals surface area contributed by atoms with E-state index in [1.165, 1.54) is 19.3 Å². The normalized spacial score (nSPS) is 11.9. The average molecular weight is 280 g/mol. The fraction of sp³-hybridized carbons (Fsp3) is 0.167. The van der Waals surface area contributed by atoms with Crippen LogP contribution in [-0.4, -0.2) is 42.4 Å². The summed E-state index contributed by atoms with van der Waals surface area (Å²) in [6.07, 6.45) is 3.06. The average Bonchev–Trinajstić information content (AvgIpc) is 2.37. The monoisotopic (exact) mass is 280 g/mol. The number of likely N-dealkylation sites (N-methyl/N-ethyl adjacent to an activating group) is 1. The molecule has 0 amide bonds. The van der Waals surface area contributed by atoms with Crippen LogP contribution < -0.4 is 0 Å². The Labute approximate surface area is 110 Å². The number of hydrogen-bond acceptors (Lipinski definition) is 4. The number of fused-ring (bicyclic) bond motifs is 1. The number of carbonyl (C=O) groups is 1. The Balaban J connectivity index is 2.58. The van der Waals surface area contributed by atoms with Crippen LogP contribution in [0.1, 0.15) is 0 Å². The summed E-state index contributed by atoms with van der Waals surface area (Å²) in [5, 5.41) is 9.90. The highest BCUT2D eigenvalue weighted by molar-refractivity contribution is 7.89. The van der Waals surface area contributed by atoms with Crippen molar-refractivity contribution in [1.82, 2.24) is 9.29 Å². The lowest BCUT2D eigenvalue weighted by molar-refractivity contribution is -0.137. The van der Waals surface area contributed by atoms with Crippen LogP contribution in [0.3, 0.4) is 0 Å². The summed E-state index contributed by atoms with van der Waals surface area (Å²) in [6, 6.07) is 6.40. The number of sulfonamides is 1. The second-order valence-electron chi connectivity index (χ2n) is 4.01. The Morgan fingerprint density at radius 2 is 2.11 bits per heavy atom. The van der Waals surface area contributed by atoms with E-state index >= 15 is 0 Å². The lowest BCUT2D eigenvalue weighted by Gasteiger charge is -2.16. The van der Waals surface area contributed by atoms with E-state index in [-0.39, 0.29) is 4.90 Å². The van der Waals surface area contributed by atoms with Crippen LogP contribution in [0.2, 0.25) is 0 Å². The molecule has 0 atom stereocenters. The molecular formula is C12H12N2O4S. The molecule has 0 aliphatic rings. The van der Waals surface area contributed by atoms with Gasteiger partial charge < -0.3 is 5.11 Å². The largest absolute Gasteiger partial charge is 0.480 e. The van der Waals surface area contributed by atoms with Crippen molar-refractivity contribution in [3.05, 3.63) is 36.7 Å². The van der Waals surface area contributed by atoms with E-state index < -0.39 is 22.5 Å². The number of hydrogen-bond donors (Lipinski definition) is 1. The van der Waals surface area contributed by atoms with E-state index in [2.05, 4.69) is 4.98 Å². The third kappa shape index (κ3) is 2.56. The van der Waals surface area contributed by atoms with E-state index in [0.29, 0.717) is 10.8 Å². The summed E-state index contributed by atoms with van der Waals surface area (Å²) in [7, 11) is -2.60. The second-order valence-corrected chi connectivity index (χ2v) is 6.02. The summed E-state index contributed by atoms with van der Waals surface area (Å²) in [5.74, 6) is -1.20. The minimum absolute atomic E-state index is 0.0798. The van der Waals surface area contributed by atoms with Gasteiger partial charge in [0.05, 0.1) is 4.90 Å². The zero-order valence-corrected chi connectivity index (χ0v) is 11.0. The van der Waals surface area contributed by atoms with Gasteiger partial charge in [0, 0.05) is 30.2 Å². The first-order chi connectivity index (χ1) is 8.93. The molecule has 1 heterocycles. The van der Waals surface area contributed by atoms with E-state index in [9.17, 15) is 13.2 Å². The first-order valence-electron chi connectivity index (χ1n) is 5.44. The van der Waals surface area contributed by atoms with E-state index in [4.69, 9.17) is 5.11 Å². The highest BCUT2D eigenvalue weighted by Crippen LogP contribution is 2.24. The fourth-order valence-electron chi connectivity index (χ4n) is 1.76. The molecule has 1 aromatic heterocycles. The van der Waals surface area contributed by atoms with Crippen molar-refractivity contribution in [2.24, 2.45) is 0 Å². The molecule has 1 N–H and O–H groups in total. The van der Waals surface area contributed by atoms with Crippen molar-refractivity contribution in [2.75, 3.05) is 13.6 Å². The number of carboxylic acid groups (broad SMARTS) is 1. The van der Waals surface area contributed by atoms with Gasteiger partial charge in [-0.05, 0) is 12.1 Å². The van der Waals surface area contributed by atoms with Crippen LogP contribution in [0.15, 0.2) is 41.6 Å². The zero-order chi connectivity index (χ0) is 14.0. The van der Waals surface area contributed by atoms with E-state index in [0.717, 1.165) is 4.31 Å². The van der Waals surface area contributed by atoms with Crippen molar-refractivity contribution in [2.45, 2.75) is 4.90 Å². The summed E-state index contributed by atoms with van der Waals surface area (Å²) < 4.78 is 25.5. The minimum atomic E-state index is -3.84. The molecule has 2 aromatic rings. The molecule has 0 aliphatic heterocycles. The standard InChI is InChI=1S/C12H12N2O4S/c1-14(8-12(15)16)19(17,18)11-4-2-3-9-7-13-6-5-10(9)11/h2-7H,8H2,1H3,(H,15,16).